The third-order valence-corrected chi connectivity index (χ3v) is 3.31. The van der Waals surface area contributed by atoms with Crippen LogP contribution in [0.5, 0.6) is 0 Å². The van der Waals surface area contributed by atoms with E-state index < -0.39 is 24.1 Å². The standard InChI is InChI=1S/C16H14N2O7.2Na/c19-13(15(21)22)9-5-1-3-7-11(9)17-18(25)12-8-4-2-6-10(12)14(20)16(23)24;;/h1-8,13-14,19-20H,(H,21,22)(H,23,24);;/q;2*+1/p-2. The van der Waals surface area contributed by atoms with Crippen LogP contribution in [0.2, 0.25) is 0 Å². The smallest absolute Gasteiger partial charge is 0.594 e. The van der Waals surface area contributed by atoms with E-state index in [2.05, 4.69) is 5.11 Å². The monoisotopic (exact) mass is 390 g/mol. The first-order chi connectivity index (χ1) is 11.8. The molecule has 0 aliphatic heterocycles. The Bertz CT molecular complexity index is 845. The van der Waals surface area contributed by atoms with E-state index in [1.807, 2.05) is 0 Å². The van der Waals surface area contributed by atoms with Gasteiger partial charge in [0.2, 0.25) is 0 Å². The van der Waals surface area contributed by atoms with Gasteiger partial charge < -0.3 is 35.2 Å². The normalized spacial score (nSPS) is 12.9. The van der Waals surface area contributed by atoms with Crippen molar-refractivity contribution in [3.05, 3.63) is 64.9 Å². The van der Waals surface area contributed by atoms with Crippen LogP contribution in [-0.4, -0.2) is 27.0 Å². The first-order valence-electron chi connectivity index (χ1n) is 6.97. The molecule has 0 saturated heterocycles. The molecule has 2 N–H and O–H groups in total. The number of hydrogen-bond acceptors (Lipinski definition) is 8. The molecule has 27 heavy (non-hydrogen) atoms. The van der Waals surface area contributed by atoms with Gasteiger partial charge in [-0.2, -0.15) is 0 Å². The van der Waals surface area contributed by atoms with Crippen LogP contribution in [0.25, 0.3) is 0 Å². The van der Waals surface area contributed by atoms with Gasteiger partial charge in [0.15, 0.2) is 0 Å². The van der Waals surface area contributed by atoms with E-state index in [0.29, 0.717) is 0 Å². The van der Waals surface area contributed by atoms with E-state index in [1.54, 1.807) is 0 Å². The van der Waals surface area contributed by atoms with Crippen molar-refractivity contribution < 1.29 is 94.0 Å². The van der Waals surface area contributed by atoms with Crippen LogP contribution in [0.3, 0.4) is 0 Å². The molecule has 130 valence electrons. The molecule has 2 aromatic carbocycles. The fourth-order valence-corrected chi connectivity index (χ4v) is 2.11. The quantitative estimate of drug-likeness (QED) is 0.215. The molecule has 2 aromatic rings. The van der Waals surface area contributed by atoms with E-state index in [0.717, 1.165) is 0 Å². The van der Waals surface area contributed by atoms with Gasteiger partial charge in [-0.3, -0.25) is 0 Å². The summed E-state index contributed by atoms with van der Waals surface area (Å²) in [7, 11) is 0. The van der Waals surface area contributed by atoms with Crippen molar-refractivity contribution in [1.82, 2.24) is 0 Å². The number of carboxylic acid groups (broad SMARTS) is 2. The topological polar surface area (TPSA) is 159 Å². The summed E-state index contributed by atoms with van der Waals surface area (Å²) in [6, 6.07) is 10.7. The van der Waals surface area contributed by atoms with E-state index in [-0.39, 0.29) is 86.5 Å². The Balaban J connectivity index is 0.00000338. The molecule has 2 rings (SSSR count). The number of carbonyl (C=O) groups is 2. The summed E-state index contributed by atoms with van der Waals surface area (Å²) in [5, 5.41) is 56.8. The molecule has 2 unspecified atom stereocenters. The van der Waals surface area contributed by atoms with E-state index in [9.17, 15) is 35.2 Å². The van der Waals surface area contributed by atoms with Crippen molar-refractivity contribution >= 4 is 23.3 Å². The zero-order valence-corrected chi connectivity index (χ0v) is 18.6. The number of carboxylic acids is 2. The molecule has 0 aromatic heterocycles. The van der Waals surface area contributed by atoms with Gasteiger partial charge in [-0.15, -0.1) is 0 Å². The Morgan fingerprint density at radius 3 is 1.85 bits per heavy atom. The molecular formula is C16H12N2Na2O7. The summed E-state index contributed by atoms with van der Waals surface area (Å²) in [4.78, 5) is 21.7. The first kappa shape index (κ1) is 25.7. The Labute approximate surface area is 198 Å². The SMILES string of the molecule is O=C([O-])C(O)c1ccccc1N=[N+]([O-])c1ccccc1C(O)C(=O)[O-].[Na+].[Na+]. The zero-order valence-electron chi connectivity index (χ0n) is 14.6. The number of aliphatic carboxylic acids is 2. The number of benzene rings is 2. The maximum Gasteiger partial charge on any atom is 1.00 e. The molecule has 0 aliphatic rings. The first-order valence-corrected chi connectivity index (χ1v) is 6.97. The van der Waals surface area contributed by atoms with Crippen LogP contribution in [0.15, 0.2) is 53.6 Å². The van der Waals surface area contributed by atoms with Crippen LogP contribution in [-0.2, 0) is 9.59 Å². The molecule has 0 spiro atoms. The van der Waals surface area contributed by atoms with Crippen LogP contribution in [0.4, 0.5) is 11.4 Å². The van der Waals surface area contributed by atoms with Crippen molar-refractivity contribution in [1.29, 1.82) is 0 Å². The van der Waals surface area contributed by atoms with Gasteiger partial charge in [-0.1, -0.05) is 30.3 Å². The van der Waals surface area contributed by atoms with E-state index in [1.165, 1.54) is 48.5 Å². The second-order valence-corrected chi connectivity index (χ2v) is 4.93. The average Bonchev–Trinajstić information content (AvgIpc) is 2.60. The van der Waals surface area contributed by atoms with Crippen LogP contribution in [0, 0.1) is 5.21 Å². The van der Waals surface area contributed by atoms with Gasteiger partial charge >= 0.3 is 59.1 Å². The number of aliphatic hydroxyl groups is 2. The van der Waals surface area contributed by atoms with E-state index >= 15 is 0 Å². The molecule has 2 atom stereocenters. The molecule has 0 amide bonds. The van der Waals surface area contributed by atoms with Gasteiger partial charge in [-0.05, 0) is 17.0 Å². The molecule has 9 nitrogen and oxygen atoms in total. The third kappa shape index (κ3) is 6.37. The van der Waals surface area contributed by atoms with Gasteiger partial charge in [0.25, 0.3) is 5.69 Å². The number of nitrogens with zero attached hydrogens (tertiary/aromatic N) is 2. The Hall–Kier alpha value is -1.30. The minimum absolute atomic E-state index is 0. The molecule has 0 aliphatic carbocycles. The summed E-state index contributed by atoms with van der Waals surface area (Å²) in [5.41, 5.74) is -0.871. The predicted molar refractivity (Wildman–Crippen MR) is 78.2 cm³/mol. The minimum atomic E-state index is -2.05. The van der Waals surface area contributed by atoms with Crippen molar-refractivity contribution in [2.45, 2.75) is 12.2 Å². The molecule has 0 fully saturated rings. The Morgan fingerprint density at radius 2 is 1.30 bits per heavy atom. The second-order valence-electron chi connectivity index (χ2n) is 4.93. The van der Waals surface area contributed by atoms with E-state index in [4.69, 9.17) is 0 Å². The number of aliphatic hydroxyl groups excluding tert-OH is 2. The van der Waals surface area contributed by atoms with Gasteiger partial charge in [0.1, 0.15) is 17.9 Å². The number of hydrogen-bond donors (Lipinski definition) is 2. The minimum Gasteiger partial charge on any atom is -0.594 e. The Kier molecular flexibility index (Phi) is 11.0. The maximum absolute atomic E-state index is 12.3. The summed E-state index contributed by atoms with van der Waals surface area (Å²) in [6.45, 7) is 0. The van der Waals surface area contributed by atoms with Crippen molar-refractivity contribution in [2.24, 2.45) is 5.11 Å². The summed E-state index contributed by atoms with van der Waals surface area (Å²) in [5.74, 6) is -3.57. The third-order valence-electron chi connectivity index (χ3n) is 3.31. The molecule has 0 saturated carbocycles. The van der Waals surface area contributed by atoms with Crippen molar-refractivity contribution in [2.75, 3.05) is 0 Å². The van der Waals surface area contributed by atoms with Crippen molar-refractivity contribution in [3.8, 4) is 0 Å². The number of azo groups is 1. The summed E-state index contributed by atoms with van der Waals surface area (Å²) in [6.07, 6.45) is -4.05. The molecule has 11 heteroatoms. The molecule has 0 heterocycles. The van der Waals surface area contributed by atoms with Gasteiger partial charge in [0.05, 0.1) is 17.5 Å². The molecule has 0 bridgehead atoms. The second kappa shape index (κ2) is 11.5. The zero-order chi connectivity index (χ0) is 18.6. The average molecular weight is 390 g/mol. The predicted octanol–water partition coefficient (Wildman–Crippen LogP) is -6.81. The van der Waals surface area contributed by atoms with Crippen LogP contribution in [0.1, 0.15) is 23.3 Å². The van der Waals surface area contributed by atoms with Crippen LogP contribution < -0.4 is 69.3 Å². The number of para-hydroxylation sites is 1. The van der Waals surface area contributed by atoms with Crippen molar-refractivity contribution in [3.63, 3.8) is 0 Å². The fraction of sp³-hybridized carbons (Fsp3) is 0.125. The fourth-order valence-electron chi connectivity index (χ4n) is 2.11. The molecular weight excluding hydrogens is 378 g/mol. The summed E-state index contributed by atoms with van der Waals surface area (Å²) >= 11 is 0. The largest absolute Gasteiger partial charge is 1.00 e. The van der Waals surface area contributed by atoms with Crippen LogP contribution >= 0.6 is 0 Å². The Morgan fingerprint density at radius 1 is 0.852 bits per heavy atom. The van der Waals surface area contributed by atoms with Gasteiger partial charge in [0, 0.05) is 16.7 Å². The maximum atomic E-state index is 12.3. The van der Waals surface area contributed by atoms with Gasteiger partial charge in [-0.25, -0.2) is 0 Å². The summed E-state index contributed by atoms with van der Waals surface area (Å²) < 4.78 is 0. The number of rotatable bonds is 6. The number of carbonyl (C=O) groups excluding carboxylic acids is 2. The molecule has 0 radical (unpaired) electrons.